The van der Waals surface area contributed by atoms with E-state index in [2.05, 4.69) is 15.2 Å². The Morgan fingerprint density at radius 2 is 1.63 bits per heavy atom. The Balaban J connectivity index is 1.37. The van der Waals surface area contributed by atoms with Crippen molar-refractivity contribution in [2.45, 2.75) is 70.7 Å². The van der Waals surface area contributed by atoms with Gasteiger partial charge in [0.15, 0.2) is 0 Å². The van der Waals surface area contributed by atoms with Crippen LogP contribution in [0.15, 0.2) is 41.3 Å². The van der Waals surface area contributed by atoms with Crippen molar-refractivity contribution in [1.29, 1.82) is 0 Å². The Morgan fingerprint density at radius 1 is 1.03 bits per heavy atom. The van der Waals surface area contributed by atoms with Crippen molar-refractivity contribution in [3.05, 3.63) is 52.6 Å². The second kappa shape index (κ2) is 11.2. The largest absolute Gasteiger partial charge is 0.354 e. The number of nitrogens with one attached hydrogen (secondary N) is 1. The predicted octanol–water partition coefficient (Wildman–Crippen LogP) is 1.35. The van der Waals surface area contributed by atoms with E-state index in [1.807, 2.05) is 38.1 Å². The summed E-state index contributed by atoms with van der Waals surface area (Å²) in [6.45, 7) is 10.7. The van der Waals surface area contributed by atoms with Gasteiger partial charge in [0.2, 0.25) is 5.91 Å². The number of anilines is 1. The van der Waals surface area contributed by atoms with Crippen molar-refractivity contribution in [1.82, 2.24) is 24.3 Å². The lowest BCUT2D eigenvalue weighted by Gasteiger charge is -2.45. The lowest BCUT2D eigenvalue weighted by Crippen LogP contribution is -2.64. The fourth-order valence-corrected chi connectivity index (χ4v) is 5.04. The fourth-order valence-electron chi connectivity index (χ4n) is 5.04. The maximum absolute atomic E-state index is 13.0. The van der Waals surface area contributed by atoms with Crippen LogP contribution in [0.1, 0.15) is 46.1 Å². The van der Waals surface area contributed by atoms with Crippen LogP contribution in [0.25, 0.3) is 5.69 Å². The van der Waals surface area contributed by atoms with E-state index in [0.29, 0.717) is 24.8 Å². The number of nitrogens with two attached hydrogens (primary N) is 2. The Labute approximate surface area is 223 Å². The molecule has 11 heteroatoms. The molecule has 4 rings (SSSR count). The molecule has 2 aliphatic heterocycles. The van der Waals surface area contributed by atoms with E-state index in [0.717, 1.165) is 32.5 Å². The summed E-state index contributed by atoms with van der Waals surface area (Å²) in [6.07, 6.45) is 3.64. The molecule has 3 heterocycles. The molecular weight excluding hydrogens is 484 g/mol. The van der Waals surface area contributed by atoms with Gasteiger partial charge in [-0.25, -0.2) is 9.59 Å². The smallest absolute Gasteiger partial charge is 0.335 e. The standard InChI is InChI=1S/C27H40N8O3/c1-18-16-35(19(2)15-34(18)24(36)27(3,4)29)26(38)31-23-11-14-33(25(37)30-23)22-7-5-20(6-8-22)17-32-12-9-21(28)10-13-32/h5-8,11,14,18-19,21H,9-10,12-13,15-17,28-29H2,1-4H3,(H,30,31,37,38)/t18-,19+/m1/s1. The van der Waals surface area contributed by atoms with Crippen LogP contribution in [0.4, 0.5) is 10.6 Å². The minimum atomic E-state index is -0.978. The van der Waals surface area contributed by atoms with Gasteiger partial charge in [-0.1, -0.05) is 12.1 Å². The van der Waals surface area contributed by atoms with Crippen molar-refractivity contribution in [2.75, 3.05) is 31.5 Å². The first kappa shape index (κ1) is 27.7. The Hall–Kier alpha value is -3.28. The Kier molecular flexibility index (Phi) is 8.19. The molecule has 0 radical (unpaired) electrons. The molecule has 0 spiro atoms. The molecular formula is C27H40N8O3. The molecule has 0 unspecified atom stereocenters. The van der Waals surface area contributed by atoms with E-state index in [1.165, 1.54) is 10.1 Å². The van der Waals surface area contributed by atoms with Crippen LogP contribution in [0.5, 0.6) is 0 Å². The van der Waals surface area contributed by atoms with Gasteiger partial charge >= 0.3 is 11.7 Å². The van der Waals surface area contributed by atoms with Gasteiger partial charge in [-0.15, -0.1) is 0 Å². The first-order valence-corrected chi connectivity index (χ1v) is 13.3. The first-order chi connectivity index (χ1) is 17.9. The fraction of sp³-hybridized carbons (Fsp3) is 0.556. The summed E-state index contributed by atoms with van der Waals surface area (Å²) in [5, 5.41) is 2.73. The maximum Gasteiger partial charge on any atom is 0.354 e. The zero-order chi connectivity index (χ0) is 27.6. The van der Waals surface area contributed by atoms with Crippen molar-refractivity contribution in [2.24, 2.45) is 11.5 Å². The Morgan fingerprint density at radius 3 is 2.24 bits per heavy atom. The number of urea groups is 1. The third-order valence-corrected chi connectivity index (χ3v) is 7.35. The lowest BCUT2D eigenvalue weighted by molar-refractivity contribution is -0.141. The van der Waals surface area contributed by atoms with Crippen molar-refractivity contribution < 1.29 is 9.59 Å². The van der Waals surface area contributed by atoms with Crippen LogP contribution in [-0.2, 0) is 11.3 Å². The summed E-state index contributed by atoms with van der Waals surface area (Å²) >= 11 is 0. The molecule has 1 aromatic carbocycles. The van der Waals surface area contributed by atoms with Gasteiger partial charge in [0, 0.05) is 44.0 Å². The van der Waals surface area contributed by atoms with Crippen LogP contribution >= 0.6 is 0 Å². The molecule has 0 bridgehead atoms. The molecule has 0 saturated carbocycles. The summed E-state index contributed by atoms with van der Waals surface area (Å²) in [6, 6.07) is 8.97. The molecule has 206 valence electrons. The van der Waals surface area contributed by atoms with Gasteiger partial charge in [0.05, 0.1) is 11.2 Å². The first-order valence-electron chi connectivity index (χ1n) is 13.3. The highest BCUT2D eigenvalue weighted by molar-refractivity contribution is 5.89. The van der Waals surface area contributed by atoms with Crippen LogP contribution in [0.3, 0.4) is 0 Å². The van der Waals surface area contributed by atoms with E-state index in [1.54, 1.807) is 35.9 Å². The highest BCUT2D eigenvalue weighted by atomic mass is 16.2. The number of benzene rings is 1. The monoisotopic (exact) mass is 524 g/mol. The number of likely N-dealkylation sites (tertiary alicyclic amines) is 1. The molecule has 1 aromatic heterocycles. The average molecular weight is 525 g/mol. The number of aromatic nitrogens is 2. The van der Waals surface area contributed by atoms with Gasteiger partial charge in [-0.05, 0) is 77.4 Å². The number of carbonyl (C=O) groups is 2. The third-order valence-electron chi connectivity index (χ3n) is 7.35. The van der Waals surface area contributed by atoms with Crippen LogP contribution in [0.2, 0.25) is 0 Å². The molecule has 2 aliphatic rings. The van der Waals surface area contributed by atoms with Crippen LogP contribution in [0, 0.1) is 0 Å². The molecule has 2 atom stereocenters. The highest BCUT2D eigenvalue weighted by Gasteiger charge is 2.38. The molecule has 11 nitrogen and oxygen atoms in total. The van der Waals surface area contributed by atoms with E-state index < -0.39 is 11.2 Å². The summed E-state index contributed by atoms with van der Waals surface area (Å²) in [5.41, 5.74) is 12.4. The van der Waals surface area contributed by atoms with Crippen LogP contribution in [-0.4, -0.2) is 86.0 Å². The van der Waals surface area contributed by atoms with Gasteiger partial charge in [0.25, 0.3) is 0 Å². The second-order valence-electron chi connectivity index (χ2n) is 11.2. The molecule has 2 fully saturated rings. The number of nitrogens with zero attached hydrogens (tertiary/aromatic N) is 5. The Bertz CT molecular complexity index is 1200. The summed E-state index contributed by atoms with van der Waals surface area (Å²) in [5.74, 6) is 0.0316. The number of hydrogen-bond donors (Lipinski definition) is 3. The van der Waals surface area contributed by atoms with Crippen LogP contribution < -0.4 is 22.5 Å². The minimum Gasteiger partial charge on any atom is -0.335 e. The van der Waals surface area contributed by atoms with E-state index in [-0.39, 0.29) is 29.8 Å². The normalized spacial score (nSPS) is 21.4. The molecule has 3 amide bonds. The topological polar surface area (TPSA) is 143 Å². The van der Waals surface area contributed by atoms with Crippen molar-refractivity contribution in [3.63, 3.8) is 0 Å². The SMILES string of the molecule is C[C@@H]1CN(C(=O)Nc2ccn(-c3ccc(CN4CCC(N)CC4)cc3)c(=O)n2)[C@@H](C)CN1C(=O)C(C)(C)N. The van der Waals surface area contributed by atoms with E-state index in [4.69, 9.17) is 11.5 Å². The van der Waals surface area contributed by atoms with E-state index >= 15 is 0 Å². The number of hydrogen-bond acceptors (Lipinski definition) is 7. The minimum absolute atomic E-state index is 0.147. The predicted molar refractivity (Wildman–Crippen MR) is 147 cm³/mol. The molecule has 38 heavy (non-hydrogen) atoms. The van der Waals surface area contributed by atoms with E-state index in [9.17, 15) is 14.4 Å². The van der Waals surface area contributed by atoms with Gasteiger partial charge in [-0.3, -0.25) is 19.6 Å². The molecule has 2 saturated heterocycles. The molecule has 2 aromatic rings. The third kappa shape index (κ3) is 6.40. The highest BCUT2D eigenvalue weighted by Crippen LogP contribution is 2.20. The second-order valence-corrected chi connectivity index (χ2v) is 11.2. The number of piperazine rings is 1. The lowest BCUT2D eigenvalue weighted by atomic mass is 10.0. The zero-order valence-electron chi connectivity index (χ0n) is 22.8. The zero-order valence-corrected chi connectivity index (χ0v) is 22.8. The van der Waals surface area contributed by atoms with Gasteiger partial charge < -0.3 is 21.3 Å². The maximum atomic E-state index is 13.0. The average Bonchev–Trinajstić information content (AvgIpc) is 2.86. The quantitative estimate of drug-likeness (QED) is 0.536. The number of rotatable bonds is 5. The number of amides is 3. The summed E-state index contributed by atoms with van der Waals surface area (Å²) in [7, 11) is 0. The van der Waals surface area contributed by atoms with Gasteiger partial charge in [0.1, 0.15) is 5.82 Å². The van der Waals surface area contributed by atoms with Gasteiger partial charge in [-0.2, -0.15) is 4.98 Å². The number of carbonyl (C=O) groups excluding carboxylic acids is 2. The van der Waals surface area contributed by atoms with Crippen molar-refractivity contribution in [3.8, 4) is 5.69 Å². The van der Waals surface area contributed by atoms with Crippen molar-refractivity contribution >= 4 is 17.8 Å². The molecule has 5 N–H and O–H groups in total. The number of piperidine rings is 1. The summed E-state index contributed by atoms with van der Waals surface area (Å²) < 4.78 is 1.45. The molecule has 0 aliphatic carbocycles. The summed E-state index contributed by atoms with van der Waals surface area (Å²) in [4.78, 5) is 48.3.